The minimum Gasteiger partial charge on any atom is -0.368 e. The van der Waals surface area contributed by atoms with Crippen LogP contribution in [0.5, 0.6) is 0 Å². The number of nitrogens with two attached hydrogens (primary N) is 1. The monoisotopic (exact) mass is 250 g/mol. The average Bonchev–Trinajstić information content (AvgIpc) is 2.41. The zero-order valence-electron chi connectivity index (χ0n) is 11.1. The maximum absolute atomic E-state index is 5.31. The van der Waals surface area contributed by atoms with Crippen molar-refractivity contribution < 1.29 is 0 Å². The largest absolute Gasteiger partial charge is 0.368 e. The van der Waals surface area contributed by atoms with Gasteiger partial charge in [0.2, 0.25) is 0 Å². The van der Waals surface area contributed by atoms with Crippen LogP contribution in [-0.4, -0.2) is 41.5 Å². The van der Waals surface area contributed by atoms with Gasteiger partial charge in [0.15, 0.2) is 5.82 Å². The van der Waals surface area contributed by atoms with Crippen LogP contribution in [0.4, 0.5) is 11.6 Å². The summed E-state index contributed by atoms with van der Waals surface area (Å²) < 4.78 is 0. The van der Waals surface area contributed by atoms with E-state index in [1.807, 2.05) is 0 Å². The number of hydrazine groups is 1. The third kappa shape index (κ3) is 3.30. The molecule has 0 aliphatic carbocycles. The molecule has 6 nitrogen and oxygen atoms in total. The summed E-state index contributed by atoms with van der Waals surface area (Å²) >= 11 is 0. The standard InChI is InChI=1S/C12H22N6/c1-12(3-5-18(2)6-4-12)9-15-10-7-14-8-11(16-10)17-13/h7-8H,3-6,9,13H2,1-2H3,(H2,15,16,17). The van der Waals surface area contributed by atoms with Crippen molar-refractivity contribution in [2.24, 2.45) is 11.3 Å². The molecule has 100 valence electrons. The van der Waals surface area contributed by atoms with E-state index in [2.05, 4.69) is 39.6 Å². The molecule has 4 N–H and O–H groups in total. The molecule has 0 saturated carbocycles. The first-order valence-electron chi connectivity index (χ1n) is 6.32. The third-order valence-electron chi connectivity index (χ3n) is 3.67. The Balaban J connectivity index is 1.90. The fourth-order valence-electron chi connectivity index (χ4n) is 2.16. The molecule has 0 atom stereocenters. The van der Waals surface area contributed by atoms with Crippen molar-refractivity contribution in [2.45, 2.75) is 19.8 Å². The predicted molar refractivity (Wildman–Crippen MR) is 73.2 cm³/mol. The SMILES string of the molecule is CN1CCC(C)(CNc2cncc(NN)n2)CC1. The molecule has 0 amide bonds. The minimum atomic E-state index is 0.334. The summed E-state index contributed by atoms with van der Waals surface area (Å²) in [5.41, 5.74) is 2.83. The molecule has 1 saturated heterocycles. The topological polar surface area (TPSA) is 79.1 Å². The number of likely N-dealkylation sites (tertiary alicyclic amines) is 1. The summed E-state index contributed by atoms with van der Waals surface area (Å²) in [6.07, 6.45) is 5.74. The summed E-state index contributed by atoms with van der Waals surface area (Å²) in [7, 11) is 2.18. The van der Waals surface area contributed by atoms with E-state index in [0.717, 1.165) is 25.5 Å². The number of nitrogen functional groups attached to an aromatic ring is 1. The van der Waals surface area contributed by atoms with Crippen molar-refractivity contribution in [1.29, 1.82) is 0 Å². The third-order valence-corrected chi connectivity index (χ3v) is 3.67. The van der Waals surface area contributed by atoms with E-state index in [-0.39, 0.29) is 0 Å². The first-order chi connectivity index (χ1) is 8.61. The van der Waals surface area contributed by atoms with Crippen molar-refractivity contribution in [3.05, 3.63) is 12.4 Å². The quantitative estimate of drug-likeness (QED) is 0.544. The van der Waals surface area contributed by atoms with Gasteiger partial charge in [-0.05, 0) is 38.4 Å². The molecule has 2 rings (SSSR count). The Bertz CT molecular complexity index is 386. The normalized spacial score (nSPS) is 19.5. The number of rotatable bonds is 4. The first-order valence-corrected chi connectivity index (χ1v) is 6.32. The van der Waals surface area contributed by atoms with Crippen LogP contribution in [0.25, 0.3) is 0 Å². The molecule has 0 aromatic carbocycles. The van der Waals surface area contributed by atoms with Crippen LogP contribution in [0, 0.1) is 5.41 Å². The Hall–Kier alpha value is -1.40. The fraction of sp³-hybridized carbons (Fsp3) is 0.667. The smallest absolute Gasteiger partial charge is 0.160 e. The van der Waals surface area contributed by atoms with E-state index in [4.69, 9.17) is 5.84 Å². The zero-order chi connectivity index (χ0) is 13.0. The Labute approximate surface area is 108 Å². The zero-order valence-corrected chi connectivity index (χ0v) is 11.1. The highest BCUT2D eigenvalue weighted by Gasteiger charge is 2.28. The van der Waals surface area contributed by atoms with E-state index in [9.17, 15) is 0 Å². The second-order valence-corrected chi connectivity index (χ2v) is 5.40. The van der Waals surface area contributed by atoms with Crippen LogP contribution in [0.2, 0.25) is 0 Å². The molecule has 6 heteroatoms. The van der Waals surface area contributed by atoms with E-state index in [0.29, 0.717) is 11.2 Å². The van der Waals surface area contributed by atoms with Crippen molar-refractivity contribution in [3.63, 3.8) is 0 Å². The number of hydrogen-bond donors (Lipinski definition) is 3. The maximum atomic E-state index is 5.31. The van der Waals surface area contributed by atoms with Gasteiger partial charge in [-0.1, -0.05) is 6.92 Å². The van der Waals surface area contributed by atoms with Gasteiger partial charge in [-0.15, -0.1) is 0 Å². The van der Waals surface area contributed by atoms with Crippen LogP contribution >= 0.6 is 0 Å². The average molecular weight is 250 g/mol. The molecule has 1 aliphatic rings. The van der Waals surface area contributed by atoms with Crippen LogP contribution in [0.3, 0.4) is 0 Å². The number of hydrogen-bond acceptors (Lipinski definition) is 6. The van der Waals surface area contributed by atoms with Crippen LogP contribution in [0.15, 0.2) is 12.4 Å². The van der Waals surface area contributed by atoms with Gasteiger partial charge in [0.1, 0.15) is 5.82 Å². The lowest BCUT2D eigenvalue weighted by atomic mass is 9.80. The van der Waals surface area contributed by atoms with E-state index in [1.54, 1.807) is 12.4 Å². The summed E-state index contributed by atoms with van der Waals surface area (Å²) in [4.78, 5) is 10.8. The minimum absolute atomic E-state index is 0.334. The lowest BCUT2D eigenvalue weighted by Gasteiger charge is -2.38. The molecule has 0 spiro atoms. The lowest BCUT2D eigenvalue weighted by molar-refractivity contribution is 0.150. The molecule has 2 heterocycles. The van der Waals surface area contributed by atoms with Gasteiger partial charge in [-0.25, -0.2) is 10.8 Å². The highest BCUT2D eigenvalue weighted by atomic mass is 15.3. The Morgan fingerprint density at radius 3 is 2.67 bits per heavy atom. The Morgan fingerprint density at radius 1 is 1.33 bits per heavy atom. The maximum Gasteiger partial charge on any atom is 0.160 e. The Morgan fingerprint density at radius 2 is 2.00 bits per heavy atom. The molecule has 0 radical (unpaired) electrons. The number of aromatic nitrogens is 2. The van der Waals surface area contributed by atoms with Crippen LogP contribution in [-0.2, 0) is 0 Å². The molecular formula is C12H22N6. The summed E-state index contributed by atoms with van der Waals surface area (Å²) in [5.74, 6) is 6.66. The summed E-state index contributed by atoms with van der Waals surface area (Å²) in [5, 5.41) is 3.36. The van der Waals surface area contributed by atoms with E-state index < -0.39 is 0 Å². The molecule has 0 bridgehead atoms. The van der Waals surface area contributed by atoms with Gasteiger partial charge in [-0.2, -0.15) is 0 Å². The number of anilines is 2. The molecule has 1 fully saturated rings. The van der Waals surface area contributed by atoms with Crippen molar-refractivity contribution >= 4 is 11.6 Å². The van der Waals surface area contributed by atoms with Gasteiger partial charge >= 0.3 is 0 Å². The van der Waals surface area contributed by atoms with E-state index in [1.165, 1.54) is 12.8 Å². The number of piperidine rings is 1. The van der Waals surface area contributed by atoms with E-state index >= 15 is 0 Å². The van der Waals surface area contributed by atoms with Gasteiger partial charge < -0.3 is 15.6 Å². The van der Waals surface area contributed by atoms with Crippen molar-refractivity contribution in [3.8, 4) is 0 Å². The molecular weight excluding hydrogens is 228 g/mol. The molecule has 1 aromatic rings. The first kappa shape index (κ1) is 13.0. The van der Waals surface area contributed by atoms with Crippen molar-refractivity contribution in [1.82, 2.24) is 14.9 Å². The highest BCUT2D eigenvalue weighted by Crippen LogP contribution is 2.30. The van der Waals surface area contributed by atoms with Crippen LogP contribution in [0.1, 0.15) is 19.8 Å². The number of nitrogens with zero attached hydrogens (tertiary/aromatic N) is 3. The highest BCUT2D eigenvalue weighted by molar-refractivity contribution is 5.40. The Kier molecular flexibility index (Phi) is 3.98. The second kappa shape index (κ2) is 5.49. The van der Waals surface area contributed by atoms with Gasteiger partial charge in [0.25, 0.3) is 0 Å². The molecule has 1 aliphatic heterocycles. The summed E-state index contributed by atoms with van der Waals surface area (Å²) in [6.45, 7) is 5.57. The number of nitrogens with one attached hydrogen (secondary N) is 2. The van der Waals surface area contributed by atoms with Crippen LogP contribution < -0.4 is 16.6 Å². The second-order valence-electron chi connectivity index (χ2n) is 5.40. The molecule has 1 aromatic heterocycles. The van der Waals surface area contributed by atoms with Gasteiger partial charge in [0.05, 0.1) is 12.4 Å². The van der Waals surface area contributed by atoms with Crippen molar-refractivity contribution in [2.75, 3.05) is 37.4 Å². The lowest BCUT2D eigenvalue weighted by Crippen LogP contribution is -2.40. The summed E-state index contributed by atoms with van der Waals surface area (Å²) in [6, 6.07) is 0. The molecule has 18 heavy (non-hydrogen) atoms. The predicted octanol–water partition coefficient (Wildman–Crippen LogP) is 0.906. The fourth-order valence-corrected chi connectivity index (χ4v) is 2.16. The van der Waals surface area contributed by atoms with Gasteiger partial charge in [0, 0.05) is 6.54 Å². The van der Waals surface area contributed by atoms with Gasteiger partial charge in [-0.3, -0.25) is 4.98 Å². The molecule has 0 unspecified atom stereocenters.